The molecule has 0 radical (unpaired) electrons. The summed E-state index contributed by atoms with van der Waals surface area (Å²) in [6.45, 7) is 0. The average Bonchev–Trinajstić information content (AvgIpc) is 3.20. The number of furan rings is 1. The summed E-state index contributed by atoms with van der Waals surface area (Å²) in [5.74, 6) is 2.08. The van der Waals surface area contributed by atoms with Crippen LogP contribution in [0.2, 0.25) is 5.02 Å². The Bertz CT molecular complexity index is 947. The van der Waals surface area contributed by atoms with Crippen LogP contribution in [0.4, 0.5) is 0 Å². The molecule has 4 rings (SSSR count). The zero-order valence-corrected chi connectivity index (χ0v) is 12.8. The van der Waals surface area contributed by atoms with E-state index in [1.807, 2.05) is 66.7 Å². The second-order valence-corrected chi connectivity index (χ2v) is 5.50. The maximum absolute atomic E-state index is 5.90. The predicted molar refractivity (Wildman–Crippen MR) is 92.1 cm³/mol. The van der Waals surface area contributed by atoms with Crippen molar-refractivity contribution < 1.29 is 8.83 Å². The number of hydrogen-bond donors (Lipinski definition) is 0. The highest BCUT2D eigenvalue weighted by molar-refractivity contribution is 6.30. The first kappa shape index (κ1) is 13.9. The maximum Gasteiger partial charge on any atom is 0.220 e. The summed E-state index contributed by atoms with van der Waals surface area (Å²) >= 11 is 5.90. The summed E-state index contributed by atoms with van der Waals surface area (Å²) in [6, 6.07) is 19.0. The average molecular weight is 322 g/mol. The Morgan fingerprint density at radius 3 is 2.48 bits per heavy atom. The number of aromatic nitrogens is 1. The third-order valence-electron chi connectivity index (χ3n) is 3.46. The first-order valence-electron chi connectivity index (χ1n) is 7.17. The molecule has 0 N–H and O–H groups in total. The summed E-state index contributed by atoms with van der Waals surface area (Å²) in [7, 11) is 0. The highest BCUT2D eigenvalue weighted by atomic mass is 35.5. The number of para-hydroxylation sites is 2. The van der Waals surface area contributed by atoms with Gasteiger partial charge in [0.25, 0.3) is 0 Å². The quantitative estimate of drug-likeness (QED) is 0.470. The highest BCUT2D eigenvalue weighted by Crippen LogP contribution is 2.25. The Morgan fingerprint density at radius 2 is 1.65 bits per heavy atom. The van der Waals surface area contributed by atoms with Gasteiger partial charge >= 0.3 is 0 Å². The smallest absolute Gasteiger partial charge is 0.220 e. The van der Waals surface area contributed by atoms with Crippen LogP contribution in [0.1, 0.15) is 11.7 Å². The molecule has 23 heavy (non-hydrogen) atoms. The van der Waals surface area contributed by atoms with Crippen molar-refractivity contribution in [2.24, 2.45) is 0 Å². The molecule has 0 unspecified atom stereocenters. The molecule has 2 aromatic carbocycles. The largest absolute Gasteiger partial charge is 0.457 e. The lowest BCUT2D eigenvalue weighted by molar-refractivity contribution is 0.570. The number of benzene rings is 2. The van der Waals surface area contributed by atoms with Gasteiger partial charge < -0.3 is 8.83 Å². The zero-order chi connectivity index (χ0) is 15.6. The molecule has 0 fully saturated rings. The van der Waals surface area contributed by atoms with Gasteiger partial charge in [0.15, 0.2) is 5.58 Å². The van der Waals surface area contributed by atoms with Crippen LogP contribution in [0.25, 0.3) is 34.6 Å². The zero-order valence-electron chi connectivity index (χ0n) is 12.1. The van der Waals surface area contributed by atoms with Crippen molar-refractivity contribution in [2.75, 3.05) is 0 Å². The molecule has 2 heterocycles. The van der Waals surface area contributed by atoms with Gasteiger partial charge in [-0.2, -0.15) is 0 Å². The standard InChI is InChI=1S/C19H12ClNO2/c20-14-7-5-13(6-8-14)17-11-9-15(22-17)10-12-19-21-16-3-1-2-4-18(16)23-19/h1-12H/b12-10+. The molecule has 0 atom stereocenters. The Balaban J connectivity index is 1.58. The van der Waals surface area contributed by atoms with Gasteiger partial charge in [-0.05, 0) is 54.6 Å². The summed E-state index contributed by atoms with van der Waals surface area (Å²) in [5, 5.41) is 0.705. The second-order valence-electron chi connectivity index (χ2n) is 5.06. The molecule has 2 aromatic heterocycles. The van der Waals surface area contributed by atoms with Crippen molar-refractivity contribution >= 4 is 34.9 Å². The summed E-state index contributed by atoms with van der Waals surface area (Å²) < 4.78 is 11.4. The van der Waals surface area contributed by atoms with Crippen LogP contribution in [0, 0.1) is 0 Å². The fourth-order valence-corrected chi connectivity index (χ4v) is 2.45. The van der Waals surface area contributed by atoms with Gasteiger partial charge in [-0.3, -0.25) is 0 Å². The number of hydrogen-bond acceptors (Lipinski definition) is 3. The van der Waals surface area contributed by atoms with Gasteiger partial charge in [0.1, 0.15) is 17.0 Å². The van der Waals surface area contributed by atoms with Gasteiger partial charge in [0.2, 0.25) is 5.89 Å². The molecule has 0 aliphatic rings. The van der Waals surface area contributed by atoms with Crippen molar-refractivity contribution in [2.45, 2.75) is 0 Å². The van der Waals surface area contributed by atoms with E-state index in [-0.39, 0.29) is 0 Å². The van der Waals surface area contributed by atoms with Gasteiger partial charge in [0.05, 0.1) is 0 Å². The van der Waals surface area contributed by atoms with E-state index < -0.39 is 0 Å². The van der Waals surface area contributed by atoms with Gasteiger partial charge in [0, 0.05) is 16.7 Å². The number of rotatable bonds is 3. The van der Waals surface area contributed by atoms with Crippen molar-refractivity contribution in [3.05, 3.63) is 77.3 Å². The van der Waals surface area contributed by atoms with Gasteiger partial charge in [-0.25, -0.2) is 4.98 Å². The monoisotopic (exact) mass is 321 g/mol. The molecule has 0 amide bonds. The molecule has 112 valence electrons. The maximum atomic E-state index is 5.90. The summed E-state index contributed by atoms with van der Waals surface area (Å²) in [5.41, 5.74) is 2.60. The van der Waals surface area contributed by atoms with Gasteiger partial charge in [-0.1, -0.05) is 23.7 Å². The number of fused-ring (bicyclic) bond motifs is 1. The fourth-order valence-electron chi connectivity index (χ4n) is 2.33. The molecule has 4 aromatic rings. The van der Waals surface area contributed by atoms with Crippen LogP contribution in [0.3, 0.4) is 0 Å². The van der Waals surface area contributed by atoms with Crippen molar-refractivity contribution in [3.63, 3.8) is 0 Å². The molecular formula is C19H12ClNO2. The van der Waals surface area contributed by atoms with E-state index in [0.717, 1.165) is 28.2 Å². The van der Waals surface area contributed by atoms with Crippen LogP contribution < -0.4 is 0 Å². The Labute approximate surface area is 137 Å². The minimum atomic E-state index is 0.552. The van der Waals surface area contributed by atoms with Crippen LogP contribution in [-0.4, -0.2) is 4.98 Å². The normalized spacial score (nSPS) is 11.5. The molecule has 0 saturated carbocycles. The Morgan fingerprint density at radius 1 is 0.826 bits per heavy atom. The fraction of sp³-hybridized carbons (Fsp3) is 0. The van der Waals surface area contributed by atoms with E-state index >= 15 is 0 Å². The molecule has 0 bridgehead atoms. The number of halogens is 1. The summed E-state index contributed by atoms with van der Waals surface area (Å²) in [4.78, 5) is 4.39. The Hall–Kier alpha value is -2.78. The highest BCUT2D eigenvalue weighted by Gasteiger charge is 2.04. The third-order valence-corrected chi connectivity index (χ3v) is 3.71. The molecule has 0 saturated heterocycles. The Kier molecular flexibility index (Phi) is 3.48. The van der Waals surface area contributed by atoms with Crippen LogP contribution >= 0.6 is 11.6 Å². The number of nitrogens with zero attached hydrogens (tertiary/aromatic N) is 1. The van der Waals surface area contributed by atoms with Crippen molar-refractivity contribution in [1.82, 2.24) is 4.98 Å². The van der Waals surface area contributed by atoms with E-state index in [9.17, 15) is 0 Å². The van der Waals surface area contributed by atoms with E-state index in [2.05, 4.69) is 4.98 Å². The van der Waals surface area contributed by atoms with E-state index in [1.54, 1.807) is 6.08 Å². The lowest BCUT2D eigenvalue weighted by atomic mass is 10.2. The third kappa shape index (κ3) is 2.91. The van der Waals surface area contributed by atoms with Gasteiger partial charge in [-0.15, -0.1) is 0 Å². The second kappa shape index (κ2) is 5.78. The molecule has 0 spiro atoms. The topological polar surface area (TPSA) is 39.2 Å². The minimum absolute atomic E-state index is 0.552. The van der Waals surface area contributed by atoms with E-state index in [0.29, 0.717) is 10.9 Å². The molecule has 3 nitrogen and oxygen atoms in total. The molecule has 0 aliphatic carbocycles. The van der Waals surface area contributed by atoms with E-state index in [4.69, 9.17) is 20.4 Å². The van der Waals surface area contributed by atoms with Crippen LogP contribution in [0.5, 0.6) is 0 Å². The SMILES string of the molecule is Clc1ccc(-c2ccc(/C=C/c3nc4ccccc4o3)o2)cc1. The minimum Gasteiger partial charge on any atom is -0.457 e. The molecule has 4 heteroatoms. The van der Waals surface area contributed by atoms with E-state index in [1.165, 1.54) is 0 Å². The first-order chi connectivity index (χ1) is 11.3. The van der Waals surface area contributed by atoms with Crippen LogP contribution in [0.15, 0.2) is 69.5 Å². The first-order valence-corrected chi connectivity index (χ1v) is 7.55. The van der Waals surface area contributed by atoms with Crippen molar-refractivity contribution in [3.8, 4) is 11.3 Å². The lowest BCUT2D eigenvalue weighted by Gasteiger charge is -1.96. The predicted octanol–water partition coefficient (Wildman–Crippen LogP) is 5.91. The van der Waals surface area contributed by atoms with Crippen LogP contribution in [-0.2, 0) is 0 Å². The van der Waals surface area contributed by atoms with Crippen molar-refractivity contribution in [1.29, 1.82) is 0 Å². The number of oxazole rings is 1. The lowest BCUT2D eigenvalue weighted by Crippen LogP contribution is -1.72. The summed E-state index contributed by atoms with van der Waals surface area (Å²) in [6.07, 6.45) is 3.63. The molecule has 0 aliphatic heterocycles. The molecular weight excluding hydrogens is 310 g/mol.